The van der Waals surface area contributed by atoms with Gasteiger partial charge in [-0.15, -0.1) is 11.3 Å². The average molecular weight is 389 g/mol. The molecule has 4 rings (SSSR count). The number of thiophene rings is 1. The van der Waals surface area contributed by atoms with Crippen LogP contribution in [0.2, 0.25) is 0 Å². The van der Waals surface area contributed by atoms with Crippen molar-refractivity contribution < 1.29 is 9.53 Å². The van der Waals surface area contributed by atoms with Crippen LogP contribution in [-0.4, -0.2) is 53.7 Å². The number of hydrogen-bond acceptors (Lipinski definition) is 6. The number of piperazine rings is 1. The summed E-state index contributed by atoms with van der Waals surface area (Å²) >= 11 is 1.86. The Balaban J connectivity index is 1.68. The molecule has 0 aromatic carbocycles. The summed E-state index contributed by atoms with van der Waals surface area (Å²) in [5.74, 6) is 2.30. The normalized spacial score (nSPS) is 17.5. The van der Waals surface area contributed by atoms with E-state index < -0.39 is 0 Å². The lowest BCUT2D eigenvalue weighted by Crippen LogP contribution is -2.49. The molecule has 6 nitrogen and oxygen atoms in total. The molecule has 0 spiro atoms. The van der Waals surface area contributed by atoms with Crippen LogP contribution < -0.4 is 4.90 Å². The molecule has 1 fully saturated rings. The molecule has 0 atom stereocenters. The molecule has 1 saturated heterocycles. The van der Waals surface area contributed by atoms with Crippen LogP contribution >= 0.6 is 11.3 Å². The molecule has 146 valence electrons. The Bertz CT molecular complexity index is 840. The minimum absolute atomic E-state index is 0.208. The third-order valence-corrected chi connectivity index (χ3v) is 6.62. The van der Waals surface area contributed by atoms with Crippen LogP contribution in [0.25, 0.3) is 10.2 Å². The number of carbonyl (C=O) groups is 1. The van der Waals surface area contributed by atoms with E-state index >= 15 is 0 Å². The summed E-state index contributed by atoms with van der Waals surface area (Å²) in [5.41, 5.74) is 1.47. The first kappa shape index (κ1) is 18.5. The van der Waals surface area contributed by atoms with Crippen LogP contribution in [0.15, 0.2) is 0 Å². The van der Waals surface area contributed by atoms with Crippen LogP contribution in [0.3, 0.4) is 0 Å². The Morgan fingerprint density at radius 3 is 2.59 bits per heavy atom. The number of amides is 1. The van der Waals surface area contributed by atoms with Gasteiger partial charge in [0.1, 0.15) is 16.5 Å². The van der Waals surface area contributed by atoms with E-state index in [2.05, 4.69) is 18.7 Å². The van der Waals surface area contributed by atoms with Crippen molar-refractivity contribution >= 4 is 33.5 Å². The van der Waals surface area contributed by atoms with E-state index in [1.807, 2.05) is 18.3 Å². The standard InChI is InChI=1S/C20H28N4O2S/c1-4-26-20(25)24-11-9-23(10-12-24)18-16-14-7-5-6-8-15(14)27-19(16)22-17(21-18)13(2)3/h13H,4-12H2,1-3H3. The van der Waals surface area contributed by atoms with Gasteiger partial charge in [-0.3, -0.25) is 0 Å². The Morgan fingerprint density at radius 2 is 1.89 bits per heavy atom. The first-order valence-corrected chi connectivity index (χ1v) is 10.9. The number of hydrogen-bond donors (Lipinski definition) is 0. The third-order valence-electron chi connectivity index (χ3n) is 5.43. The van der Waals surface area contributed by atoms with Gasteiger partial charge in [0.05, 0.1) is 12.0 Å². The second-order valence-corrected chi connectivity index (χ2v) is 8.71. The van der Waals surface area contributed by atoms with Crippen LogP contribution in [0.5, 0.6) is 0 Å². The Morgan fingerprint density at radius 1 is 1.15 bits per heavy atom. The number of nitrogens with zero attached hydrogens (tertiary/aromatic N) is 4. The monoisotopic (exact) mass is 388 g/mol. The predicted octanol–water partition coefficient (Wildman–Crippen LogP) is 3.97. The molecular formula is C20H28N4O2S. The van der Waals surface area contributed by atoms with Gasteiger partial charge in [0, 0.05) is 37.0 Å². The summed E-state index contributed by atoms with van der Waals surface area (Å²) in [7, 11) is 0. The number of aryl methyl sites for hydroxylation is 2. The van der Waals surface area contributed by atoms with Crippen molar-refractivity contribution in [3.8, 4) is 0 Å². The minimum Gasteiger partial charge on any atom is -0.450 e. The number of ether oxygens (including phenoxy) is 1. The highest BCUT2D eigenvalue weighted by atomic mass is 32.1. The summed E-state index contributed by atoms with van der Waals surface area (Å²) in [6, 6.07) is 0. The predicted molar refractivity (Wildman–Crippen MR) is 109 cm³/mol. The molecule has 0 unspecified atom stereocenters. The highest BCUT2D eigenvalue weighted by molar-refractivity contribution is 7.19. The summed E-state index contributed by atoms with van der Waals surface area (Å²) in [4.78, 5) is 28.7. The Labute approximate surface area is 164 Å². The van der Waals surface area contributed by atoms with Crippen LogP contribution in [0, 0.1) is 0 Å². The lowest BCUT2D eigenvalue weighted by atomic mass is 9.96. The van der Waals surface area contributed by atoms with Gasteiger partial charge in [-0.25, -0.2) is 14.8 Å². The molecule has 2 aromatic heterocycles. The van der Waals surface area contributed by atoms with Crippen molar-refractivity contribution in [3.63, 3.8) is 0 Å². The maximum absolute atomic E-state index is 12.0. The fourth-order valence-corrected chi connectivity index (χ4v) is 5.22. The van der Waals surface area contributed by atoms with Crippen molar-refractivity contribution in [1.82, 2.24) is 14.9 Å². The number of fused-ring (bicyclic) bond motifs is 3. The highest BCUT2D eigenvalue weighted by Crippen LogP contribution is 2.40. The van der Waals surface area contributed by atoms with E-state index in [0.717, 1.165) is 36.0 Å². The minimum atomic E-state index is -0.208. The van der Waals surface area contributed by atoms with Gasteiger partial charge in [0.25, 0.3) is 0 Å². The van der Waals surface area contributed by atoms with E-state index in [0.29, 0.717) is 25.6 Å². The van der Waals surface area contributed by atoms with E-state index in [1.54, 1.807) is 4.90 Å². The fraction of sp³-hybridized carbons (Fsp3) is 0.650. The number of anilines is 1. The fourth-order valence-electron chi connectivity index (χ4n) is 3.96. The second kappa shape index (κ2) is 7.62. The van der Waals surface area contributed by atoms with Gasteiger partial charge in [-0.2, -0.15) is 0 Å². The summed E-state index contributed by atoms with van der Waals surface area (Å²) in [6.45, 7) is 9.49. The SMILES string of the molecule is CCOC(=O)N1CCN(c2nc(C(C)C)nc3sc4c(c23)CCCC4)CC1. The maximum atomic E-state index is 12.0. The maximum Gasteiger partial charge on any atom is 0.409 e. The van der Waals surface area contributed by atoms with Gasteiger partial charge < -0.3 is 14.5 Å². The average Bonchev–Trinajstić information content (AvgIpc) is 3.06. The van der Waals surface area contributed by atoms with Crippen LogP contribution in [0.4, 0.5) is 10.6 Å². The molecular weight excluding hydrogens is 360 g/mol. The Hall–Kier alpha value is -1.89. The first-order chi connectivity index (χ1) is 13.1. The molecule has 0 N–H and O–H groups in total. The smallest absolute Gasteiger partial charge is 0.409 e. The lowest BCUT2D eigenvalue weighted by Gasteiger charge is -2.35. The molecule has 1 aliphatic carbocycles. The zero-order valence-electron chi connectivity index (χ0n) is 16.5. The van der Waals surface area contributed by atoms with Crippen molar-refractivity contribution in [1.29, 1.82) is 0 Å². The van der Waals surface area contributed by atoms with Crippen molar-refractivity contribution in [2.45, 2.75) is 52.4 Å². The zero-order valence-corrected chi connectivity index (χ0v) is 17.3. The Kier molecular flexibility index (Phi) is 5.21. The van der Waals surface area contributed by atoms with E-state index in [-0.39, 0.29) is 6.09 Å². The van der Waals surface area contributed by atoms with Gasteiger partial charge in [0.2, 0.25) is 0 Å². The molecule has 0 radical (unpaired) electrons. The molecule has 0 saturated carbocycles. The molecule has 27 heavy (non-hydrogen) atoms. The quantitative estimate of drug-likeness (QED) is 0.796. The zero-order chi connectivity index (χ0) is 19.0. The van der Waals surface area contributed by atoms with Gasteiger partial charge >= 0.3 is 6.09 Å². The van der Waals surface area contributed by atoms with Gasteiger partial charge in [-0.1, -0.05) is 13.8 Å². The lowest BCUT2D eigenvalue weighted by molar-refractivity contribution is 0.105. The number of aromatic nitrogens is 2. The van der Waals surface area contributed by atoms with Gasteiger partial charge in [-0.05, 0) is 38.2 Å². The summed E-state index contributed by atoms with van der Waals surface area (Å²) in [5, 5.41) is 1.27. The number of carbonyl (C=O) groups excluding carboxylic acids is 1. The van der Waals surface area contributed by atoms with Crippen molar-refractivity contribution in [2.75, 3.05) is 37.7 Å². The molecule has 7 heteroatoms. The van der Waals surface area contributed by atoms with Crippen molar-refractivity contribution in [2.24, 2.45) is 0 Å². The van der Waals surface area contributed by atoms with E-state index in [1.165, 1.54) is 35.1 Å². The largest absolute Gasteiger partial charge is 0.450 e. The van der Waals surface area contributed by atoms with Crippen molar-refractivity contribution in [3.05, 3.63) is 16.3 Å². The van der Waals surface area contributed by atoms with Gasteiger partial charge in [0.15, 0.2) is 0 Å². The number of rotatable bonds is 3. The van der Waals surface area contributed by atoms with Crippen LogP contribution in [0.1, 0.15) is 55.8 Å². The molecule has 1 amide bonds. The molecule has 2 aromatic rings. The molecule has 2 aliphatic rings. The topological polar surface area (TPSA) is 58.6 Å². The molecule has 1 aliphatic heterocycles. The second-order valence-electron chi connectivity index (χ2n) is 7.62. The summed E-state index contributed by atoms with van der Waals surface area (Å²) in [6.07, 6.45) is 4.62. The molecule has 3 heterocycles. The first-order valence-electron chi connectivity index (χ1n) is 10.1. The van der Waals surface area contributed by atoms with Crippen LogP contribution in [-0.2, 0) is 17.6 Å². The van der Waals surface area contributed by atoms with E-state index in [9.17, 15) is 4.79 Å². The third kappa shape index (κ3) is 3.49. The highest BCUT2D eigenvalue weighted by Gasteiger charge is 2.28. The van der Waals surface area contributed by atoms with E-state index in [4.69, 9.17) is 14.7 Å². The summed E-state index contributed by atoms with van der Waals surface area (Å²) < 4.78 is 5.15. The molecule has 0 bridgehead atoms.